The number of para-hydroxylation sites is 1. The lowest BCUT2D eigenvalue weighted by Gasteiger charge is -2.26. The number of aromatic nitrogens is 3. The molecule has 1 aromatic heterocycles. The second kappa shape index (κ2) is 5.92. The molecule has 126 valence electrons. The van der Waals surface area contributed by atoms with Crippen LogP contribution in [0.25, 0.3) is 0 Å². The van der Waals surface area contributed by atoms with Gasteiger partial charge in [0.25, 0.3) is 0 Å². The maximum absolute atomic E-state index is 4.53. The normalized spacial score (nSPS) is 19.1. The van der Waals surface area contributed by atoms with E-state index in [0.717, 1.165) is 18.3 Å². The lowest BCUT2D eigenvalue weighted by molar-refractivity contribution is 0.478. The third-order valence-electron chi connectivity index (χ3n) is 5.46. The van der Waals surface area contributed by atoms with E-state index in [1.54, 1.807) is 11.0 Å². The van der Waals surface area contributed by atoms with Crippen molar-refractivity contribution < 1.29 is 0 Å². The van der Waals surface area contributed by atoms with Crippen molar-refractivity contribution in [1.82, 2.24) is 20.1 Å². The highest BCUT2D eigenvalue weighted by Gasteiger charge is 2.45. The molecule has 0 atom stereocenters. The van der Waals surface area contributed by atoms with Crippen LogP contribution < -0.4 is 10.2 Å². The number of nitrogens with one attached hydrogen (secondary N) is 1. The first-order valence-corrected chi connectivity index (χ1v) is 8.64. The SMILES string of the molecule is CN=C(NCc1ncnn1C)N1CC2(CCCC2)c2ccccc21. The fourth-order valence-corrected chi connectivity index (χ4v) is 4.23. The van der Waals surface area contributed by atoms with Gasteiger partial charge in [-0.3, -0.25) is 9.67 Å². The Kier molecular flexibility index (Phi) is 3.75. The van der Waals surface area contributed by atoms with Crippen molar-refractivity contribution in [1.29, 1.82) is 0 Å². The predicted molar refractivity (Wildman–Crippen MR) is 95.1 cm³/mol. The molecule has 1 aliphatic heterocycles. The molecule has 1 aliphatic carbocycles. The van der Waals surface area contributed by atoms with Gasteiger partial charge in [-0.2, -0.15) is 5.10 Å². The van der Waals surface area contributed by atoms with Gasteiger partial charge < -0.3 is 10.2 Å². The smallest absolute Gasteiger partial charge is 0.198 e. The molecule has 0 unspecified atom stereocenters. The van der Waals surface area contributed by atoms with E-state index < -0.39 is 0 Å². The van der Waals surface area contributed by atoms with Crippen molar-refractivity contribution in [2.24, 2.45) is 12.0 Å². The van der Waals surface area contributed by atoms with Crippen LogP contribution in [0.5, 0.6) is 0 Å². The molecule has 0 saturated heterocycles. The van der Waals surface area contributed by atoms with Crippen LogP contribution in [0.15, 0.2) is 35.6 Å². The number of fused-ring (bicyclic) bond motifs is 2. The van der Waals surface area contributed by atoms with Crippen LogP contribution in [0, 0.1) is 0 Å². The van der Waals surface area contributed by atoms with E-state index in [1.807, 2.05) is 14.1 Å². The van der Waals surface area contributed by atoms with Crippen molar-refractivity contribution in [3.63, 3.8) is 0 Å². The summed E-state index contributed by atoms with van der Waals surface area (Å²) in [6, 6.07) is 8.81. The van der Waals surface area contributed by atoms with Gasteiger partial charge in [0.15, 0.2) is 5.96 Å². The third-order valence-corrected chi connectivity index (χ3v) is 5.46. The molecule has 2 aliphatic rings. The van der Waals surface area contributed by atoms with Gasteiger partial charge in [0.2, 0.25) is 0 Å². The Hall–Kier alpha value is -2.37. The first-order valence-electron chi connectivity index (χ1n) is 8.64. The monoisotopic (exact) mass is 324 g/mol. The fraction of sp³-hybridized carbons (Fsp3) is 0.500. The number of guanidine groups is 1. The van der Waals surface area contributed by atoms with Crippen molar-refractivity contribution in [3.05, 3.63) is 42.0 Å². The first kappa shape index (κ1) is 15.2. The van der Waals surface area contributed by atoms with Crippen LogP contribution in [-0.4, -0.2) is 34.3 Å². The van der Waals surface area contributed by atoms with Crippen molar-refractivity contribution in [2.75, 3.05) is 18.5 Å². The Balaban J connectivity index is 1.60. The number of nitrogens with zero attached hydrogens (tertiary/aromatic N) is 5. The maximum atomic E-state index is 4.53. The van der Waals surface area contributed by atoms with Gasteiger partial charge in [0, 0.05) is 31.7 Å². The summed E-state index contributed by atoms with van der Waals surface area (Å²) in [7, 11) is 3.76. The average molecular weight is 324 g/mol. The zero-order valence-corrected chi connectivity index (χ0v) is 14.4. The summed E-state index contributed by atoms with van der Waals surface area (Å²) in [5.74, 6) is 1.81. The summed E-state index contributed by atoms with van der Waals surface area (Å²) in [5.41, 5.74) is 3.09. The van der Waals surface area contributed by atoms with E-state index in [0.29, 0.717) is 12.0 Å². The van der Waals surface area contributed by atoms with Gasteiger partial charge in [-0.15, -0.1) is 0 Å². The van der Waals surface area contributed by atoms with Gasteiger partial charge in [0.05, 0.1) is 6.54 Å². The van der Waals surface area contributed by atoms with Crippen LogP contribution in [0.2, 0.25) is 0 Å². The Morgan fingerprint density at radius 1 is 1.29 bits per heavy atom. The quantitative estimate of drug-likeness (QED) is 0.680. The van der Waals surface area contributed by atoms with Crippen LogP contribution >= 0.6 is 0 Å². The Labute approximate surface area is 142 Å². The van der Waals surface area contributed by atoms with Crippen LogP contribution in [0.3, 0.4) is 0 Å². The summed E-state index contributed by atoms with van der Waals surface area (Å²) in [4.78, 5) is 11.2. The molecule has 6 heteroatoms. The summed E-state index contributed by atoms with van der Waals surface area (Å²) >= 11 is 0. The fourth-order valence-electron chi connectivity index (χ4n) is 4.23. The summed E-state index contributed by atoms with van der Waals surface area (Å²) < 4.78 is 1.79. The maximum Gasteiger partial charge on any atom is 0.198 e. The highest BCUT2D eigenvalue weighted by Crippen LogP contribution is 2.50. The second-order valence-electron chi connectivity index (χ2n) is 6.79. The molecular formula is C18H24N6. The van der Waals surface area contributed by atoms with E-state index in [4.69, 9.17) is 0 Å². The van der Waals surface area contributed by atoms with Gasteiger partial charge in [0.1, 0.15) is 12.2 Å². The second-order valence-corrected chi connectivity index (χ2v) is 6.79. The average Bonchev–Trinajstić information content (AvgIpc) is 3.31. The van der Waals surface area contributed by atoms with E-state index in [1.165, 1.54) is 36.9 Å². The number of anilines is 1. The highest BCUT2D eigenvalue weighted by molar-refractivity contribution is 5.98. The molecule has 1 saturated carbocycles. The number of hydrogen-bond donors (Lipinski definition) is 1. The molecule has 1 N–H and O–H groups in total. The van der Waals surface area contributed by atoms with Gasteiger partial charge >= 0.3 is 0 Å². The Morgan fingerprint density at radius 2 is 2.08 bits per heavy atom. The molecular weight excluding hydrogens is 300 g/mol. The zero-order chi connectivity index (χ0) is 16.6. The van der Waals surface area contributed by atoms with E-state index in [-0.39, 0.29) is 0 Å². The molecule has 4 rings (SSSR count). The molecule has 0 bridgehead atoms. The Bertz CT molecular complexity index is 756. The molecule has 1 fully saturated rings. The molecule has 2 heterocycles. The van der Waals surface area contributed by atoms with Crippen molar-refractivity contribution in [2.45, 2.75) is 37.6 Å². The molecule has 2 aromatic rings. The number of aliphatic imine (C=N–C) groups is 1. The molecule has 0 radical (unpaired) electrons. The number of benzene rings is 1. The van der Waals surface area contributed by atoms with Crippen molar-refractivity contribution >= 4 is 11.6 Å². The van der Waals surface area contributed by atoms with Gasteiger partial charge in [-0.25, -0.2) is 4.98 Å². The molecule has 1 spiro atoms. The minimum atomic E-state index is 0.305. The van der Waals surface area contributed by atoms with Crippen LogP contribution in [0.4, 0.5) is 5.69 Å². The summed E-state index contributed by atoms with van der Waals surface area (Å²) in [6.07, 6.45) is 6.79. The van der Waals surface area contributed by atoms with E-state index in [2.05, 4.69) is 49.6 Å². The summed E-state index contributed by atoms with van der Waals surface area (Å²) in [6.45, 7) is 1.64. The minimum Gasteiger partial charge on any atom is -0.349 e. The Morgan fingerprint density at radius 3 is 2.79 bits per heavy atom. The molecule has 24 heavy (non-hydrogen) atoms. The first-order chi connectivity index (χ1) is 11.7. The zero-order valence-electron chi connectivity index (χ0n) is 14.4. The standard InChI is InChI=1S/C18H24N6/c1-19-17(20-11-16-21-13-22-23(16)2)24-12-18(9-5-6-10-18)14-7-3-4-8-15(14)24/h3-4,7-8,13H,5-6,9-12H2,1-2H3,(H,19,20). The van der Waals surface area contributed by atoms with Crippen molar-refractivity contribution in [3.8, 4) is 0 Å². The lowest BCUT2D eigenvalue weighted by Crippen LogP contribution is -2.43. The molecule has 1 aromatic carbocycles. The van der Waals surface area contributed by atoms with E-state index >= 15 is 0 Å². The van der Waals surface area contributed by atoms with Crippen LogP contribution in [0.1, 0.15) is 37.1 Å². The minimum absolute atomic E-state index is 0.305. The number of aryl methyl sites for hydroxylation is 1. The summed E-state index contributed by atoms with van der Waals surface area (Å²) in [5, 5.41) is 7.58. The van der Waals surface area contributed by atoms with Gasteiger partial charge in [-0.05, 0) is 24.5 Å². The highest BCUT2D eigenvalue weighted by atomic mass is 15.4. The number of hydrogen-bond acceptors (Lipinski definition) is 3. The third kappa shape index (κ3) is 2.37. The molecule has 6 nitrogen and oxygen atoms in total. The number of rotatable bonds is 2. The van der Waals surface area contributed by atoms with E-state index in [9.17, 15) is 0 Å². The lowest BCUT2D eigenvalue weighted by atomic mass is 9.81. The largest absolute Gasteiger partial charge is 0.349 e. The van der Waals surface area contributed by atoms with Crippen LogP contribution in [-0.2, 0) is 19.0 Å². The molecule has 0 amide bonds. The predicted octanol–water partition coefficient (Wildman–Crippen LogP) is 2.22. The topological polar surface area (TPSA) is 58.3 Å². The van der Waals surface area contributed by atoms with Gasteiger partial charge in [-0.1, -0.05) is 31.0 Å².